The van der Waals surface area contributed by atoms with E-state index in [-0.39, 0.29) is 11.2 Å². The Bertz CT molecular complexity index is 536. The second-order valence-electron chi connectivity index (χ2n) is 4.77. The summed E-state index contributed by atoms with van der Waals surface area (Å²) in [4.78, 5) is 4.15. The van der Waals surface area contributed by atoms with Gasteiger partial charge in [0.25, 0.3) is 0 Å². The zero-order chi connectivity index (χ0) is 15.2. The van der Waals surface area contributed by atoms with Crippen molar-refractivity contribution < 1.29 is 4.39 Å². The molecular weight excluding hydrogens is 253 g/mol. The summed E-state index contributed by atoms with van der Waals surface area (Å²) < 4.78 is 15.4. The molecule has 4 heteroatoms. The van der Waals surface area contributed by atoms with Gasteiger partial charge in [0.15, 0.2) is 0 Å². The van der Waals surface area contributed by atoms with Crippen molar-refractivity contribution in [3.63, 3.8) is 0 Å². The van der Waals surface area contributed by atoms with Gasteiger partial charge in [-0.15, -0.1) is 0 Å². The van der Waals surface area contributed by atoms with Crippen LogP contribution >= 0.6 is 0 Å². The number of nitrogens with zero attached hydrogens (tertiary/aromatic N) is 2. The lowest BCUT2D eigenvalue weighted by molar-refractivity contribution is 0.490. The molecule has 110 valence electrons. The van der Waals surface area contributed by atoms with Gasteiger partial charge in [0, 0.05) is 24.4 Å². The lowest BCUT2D eigenvalue weighted by Crippen LogP contribution is -2.29. The first-order valence-electron chi connectivity index (χ1n) is 7.01. The van der Waals surface area contributed by atoms with E-state index in [0.717, 1.165) is 17.7 Å². The first-order chi connectivity index (χ1) is 9.58. The Morgan fingerprint density at radius 1 is 1.35 bits per heavy atom. The third-order valence-corrected chi connectivity index (χ3v) is 3.49. The van der Waals surface area contributed by atoms with Gasteiger partial charge >= 0.3 is 0 Å². The number of aryl methyl sites for hydroxylation is 1. The molecule has 0 bridgehead atoms. The van der Waals surface area contributed by atoms with E-state index in [0.29, 0.717) is 6.54 Å². The maximum atomic E-state index is 13.4. The molecule has 0 fully saturated rings. The molecule has 0 radical (unpaired) electrons. The smallest absolute Gasteiger partial charge is 0.123 e. The summed E-state index contributed by atoms with van der Waals surface area (Å²) in [6, 6.07) is 6.69. The standard InChI is InChI=1S/C14H18FN3.C2H6/c1-14(6-7-16,13-9-17-10-18(13)2)11-4-3-5-12(15)8-11;1-2/h3-5,8-10H,6-7,16H2,1-2H3;1-2H3. The molecule has 1 unspecified atom stereocenters. The number of rotatable bonds is 4. The minimum Gasteiger partial charge on any atom is -0.337 e. The predicted octanol–water partition coefficient (Wildman–Crippen LogP) is 3.24. The van der Waals surface area contributed by atoms with Crippen molar-refractivity contribution in [2.45, 2.75) is 32.6 Å². The maximum Gasteiger partial charge on any atom is 0.123 e. The van der Waals surface area contributed by atoms with E-state index in [9.17, 15) is 4.39 Å². The highest BCUT2D eigenvalue weighted by atomic mass is 19.1. The summed E-state index contributed by atoms with van der Waals surface area (Å²) in [7, 11) is 1.94. The highest BCUT2D eigenvalue weighted by molar-refractivity contribution is 5.34. The van der Waals surface area contributed by atoms with E-state index in [2.05, 4.69) is 11.9 Å². The summed E-state index contributed by atoms with van der Waals surface area (Å²) in [5.74, 6) is -0.224. The average Bonchev–Trinajstić information content (AvgIpc) is 2.88. The predicted molar refractivity (Wildman–Crippen MR) is 81.1 cm³/mol. The molecule has 0 aliphatic heterocycles. The van der Waals surface area contributed by atoms with Gasteiger partial charge in [-0.1, -0.05) is 26.0 Å². The van der Waals surface area contributed by atoms with Crippen molar-refractivity contribution in [3.8, 4) is 0 Å². The second kappa shape index (κ2) is 7.20. The van der Waals surface area contributed by atoms with Crippen LogP contribution in [0.1, 0.15) is 38.4 Å². The van der Waals surface area contributed by atoms with Gasteiger partial charge in [0.2, 0.25) is 0 Å². The molecule has 1 atom stereocenters. The molecular formula is C16H24FN3. The fraction of sp³-hybridized carbons (Fsp3) is 0.438. The number of aromatic nitrogens is 2. The van der Waals surface area contributed by atoms with E-state index in [4.69, 9.17) is 5.73 Å². The molecule has 2 aromatic rings. The molecule has 20 heavy (non-hydrogen) atoms. The maximum absolute atomic E-state index is 13.4. The van der Waals surface area contributed by atoms with Crippen LogP contribution in [-0.4, -0.2) is 16.1 Å². The fourth-order valence-corrected chi connectivity index (χ4v) is 2.43. The van der Waals surface area contributed by atoms with Gasteiger partial charge in [-0.25, -0.2) is 9.37 Å². The molecule has 0 saturated heterocycles. The van der Waals surface area contributed by atoms with Crippen molar-refractivity contribution in [2.24, 2.45) is 12.8 Å². The van der Waals surface area contributed by atoms with Crippen molar-refractivity contribution in [2.75, 3.05) is 6.54 Å². The summed E-state index contributed by atoms with van der Waals surface area (Å²) in [5.41, 5.74) is 7.37. The van der Waals surface area contributed by atoms with E-state index in [1.807, 2.05) is 37.7 Å². The van der Waals surface area contributed by atoms with E-state index >= 15 is 0 Å². The van der Waals surface area contributed by atoms with Gasteiger partial charge in [0.05, 0.1) is 6.33 Å². The van der Waals surface area contributed by atoms with Crippen molar-refractivity contribution in [1.29, 1.82) is 0 Å². The monoisotopic (exact) mass is 277 g/mol. The second-order valence-corrected chi connectivity index (χ2v) is 4.77. The minimum absolute atomic E-state index is 0.224. The van der Waals surface area contributed by atoms with Crippen molar-refractivity contribution in [1.82, 2.24) is 9.55 Å². The number of halogens is 1. The van der Waals surface area contributed by atoms with Crippen LogP contribution in [0, 0.1) is 5.82 Å². The largest absolute Gasteiger partial charge is 0.337 e. The van der Waals surface area contributed by atoms with Crippen LogP contribution in [0.15, 0.2) is 36.8 Å². The normalized spacial score (nSPS) is 13.3. The quantitative estimate of drug-likeness (QED) is 0.932. The highest BCUT2D eigenvalue weighted by Gasteiger charge is 2.31. The molecule has 0 spiro atoms. The van der Waals surface area contributed by atoms with Crippen molar-refractivity contribution >= 4 is 0 Å². The number of imidazole rings is 1. The van der Waals surface area contributed by atoms with Crippen molar-refractivity contribution in [3.05, 3.63) is 53.9 Å². The van der Waals surface area contributed by atoms with Crippen LogP contribution in [0.4, 0.5) is 4.39 Å². The molecule has 0 aliphatic rings. The van der Waals surface area contributed by atoms with E-state index < -0.39 is 0 Å². The summed E-state index contributed by atoms with van der Waals surface area (Å²) in [6.45, 7) is 6.61. The molecule has 2 N–H and O–H groups in total. The zero-order valence-corrected chi connectivity index (χ0v) is 12.7. The highest BCUT2D eigenvalue weighted by Crippen LogP contribution is 2.34. The van der Waals surface area contributed by atoms with Crippen LogP contribution in [0.25, 0.3) is 0 Å². The molecule has 2 rings (SSSR count). The Balaban J connectivity index is 0.000000956. The summed E-state index contributed by atoms with van der Waals surface area (Å²) in [5, 5.41) is 0. The molecule has 0 aliphatic carbocycles. The van der Waals surface area contributed by atoms with E-state index in [1.165, 1.54) is 6.07 Å². The lowest BCUT2D eigenvalue weighted by atomic mass is 9.77. The lowest BCUT2D eigenvalue weighted by Gasteiger charge is -2.30. The topological polar surface area (TPSA) is 43.8 Å². The number of hydrogen-bond acceptors (Lipinski definition) is 2. The Hall–Kier alpha value is -1.68. The summed E-state index contributed by atoms with van der Waals surface area (Å²) >= 11 is 0. The molecule has 0 saturated carbocycles. The zero-order valence-electron chi connectivity index (χ0n) is 12.7. The molecule has 3 nitrogen and oxygen atoms in total. The van der Waals surface area contributed by atoms with Gasteiger partial charge in [-0.2, -0.15) is 0 Å². The van der Waals surface area contributed by atoms with Crippen LogP contribution in [0.2, 0.25) is 0 Å². The number of nitrogens with two attached hydrogens (primary N) is 1. The molecule has 1 aromatic carbocycles. The molecule has 1 heterocycles. The Kier molecular flexibility index (Phi) is 5.89. The third kappa shape index (κ3) is 3.25. The van der Waals surface area contributed by atoms with Gasteiger partial charge in [-0.05, 0) is 37.6 Å². The van der Waals surface area contributed by atoms with Crippen LogP contribution in [0.5, 0.6) is 0 Å². The third-order valence-electron chi connectivity index (χ3n) is 3.49. The Labute approximate surface area is 120 Å². The van der Waals surface area contributed by atoms with Crippen LogP contribution in [0.3, 0.4) is 0 Å². The number of benzene rings is 1. The first kappa shape index (κ1) is 16.4. The van der Waals surface area contributed by atoms with Crippen LogP contribution < -0.4 is 5.73 Å². The Morgan fingerprint density at radius 2 is 2.05 bits per heavy atom. The average molecular weight is 277 g/mol. The van der Waals surface area contributed by atoms with Gasteiger partial charge in [-0.3, -0.25) is 0 Å². The van der Waals surface area contributed by atoms with Gasteiger partial charge < -0.3 is 10.3 Å². The summed E-state index contributed by atoms with van der Waals surface area (Å²) in [6.07, 6.45) is 4.32. The fourth-order valence-electron chi connectivity index (χ4n) is 2.43. The molecule has 1 aromatic heterocycles. The van der Waals surface area contributed by atoms with Gasteiger partial charge in [0.1, 0.15) is 5.82 Å². The minimum atomic E-state index is -0.317. The Morgan fingerprint density at radius 3 is 2.55 bits per heavy atom. The SMILES string of the molecule is CC.Cn1cncc1C(C)(CCN)c1cccc(F)c1. The van der Waals surface area contributed by atoms with E-state index in [1.54, 1.807) is 18.5 Å². The number of hydrogen-bond donors (Lipinski definition) is 1. The van der Waals surface area contributed by atoms with Crippen LogP contribution in [-0.2, 0) is 12.5 Å². The first-order valence-corrected chi connectivity index (χ1v) is 7.01. The molecule has 0 amide bonds.